The number of rotatable bonds is 3. The molecule has 110 valence electrons. The fourth-order valence-electron chi connectivity index (χ4n) is 1.65. The molecule has 1 atom stereocenters. The molecule has 3 amide bonds. The largest absolute Gasteiger partial charge is 0.396 e. The summed E-state index contributed by atoms with van der Waals surface area (Å²) in [6.45, 7) is 5.41. The van der Waals surface area contributed by atoms with Crippen LogP contribution in [0.15, 0.2) is 18.2 Å². The lowest BCUT2D eigenvalue weighted by molar-refractivity contribution is -0.122. The van der Waals surface area contributed by atoms with Crippen molar-refractivity contribution in [3.05, 3.63) is 23.2 Å². The van der Waals surface area contributed by atoms with Crippen LogP contribution in [-0.2, 0) is 4.79 Å². The van der Waals surface area contributed by atoms with Crippen molar-refractivity contribution in [1.29, 1.82) is 0 Å². The van der Waals surface area contributed by atoms with Gasteiger partial charge in [-0.15, -0.1) is 0 Å². The summed E-state index contributed by atoms with van der Waals surface area (Å²) in [5.41, 5.74) is 11.2. The zero-order valence-electron chi connectivity index (χ0n) is 11.7. The molecular weight excluding hydrogens is 280 g/mol. The van der Waals surface area contributed by atoms with E-state index < -0.39 is 23.4 Å². The third kappa shape index (κ3) is 4.03. The maximum Gasteiger partial charge on any atom is 0.319 e. The minimum Gasteiger partial charge on any atom is -0.396 e. The van der Waals surface area contributed by atoms with Crippen molar-refractivity contribution in [2.24, 2.45) is 11.1 Å². The Morgan fingerprint density at radius 3 is 2.40 bits per heavy atom. The van der Waals surface area contributed by atoms with Crippen LogP contribution in [0.1, 0.15) is 20.8 Å². The number of primary amides is 1. The molecule has 0 aliphatic carbocycles. The number of nitrogens with one attached hydrogen (secondary N) is 2. The van der Waals surface area contributed by atoms with Gasteiger partial charge in [0.1, 0.15) is 6.04 Å². The van der Waals surface area contributed by atoms with Crippen molar-refractivity contribution in [3.63, 3.8) is 0 Å². The third-order valence-electron chi connectivity index (χ3n) is 2.73. The highest BCUT2D eigenvalue weighted by Gasteiger charge is 2.31. The van der Waals surface area contributed by atoms with Crippen LogP contribution < -0.4 is 22.1 Å². The van der Waals surface area contributed by atoms with Crippen LogP contribution in [0.2, 0.25) is 5.02 Å². The number of carbonyl (C=O) groups is 2. The second-order valence-electron chi connectivity index (χ2n) is 5.50. The van der Waals surface area contributed by atoms with Crippen LogP contribution in [0, 0.1) is 5.41 Å². The molecule has 1 aromatic rings. The van der Waals surface area contributed by atoms with Crippen LogP contribution in [0.25, 0.3) is 0 Å². The monoisotopic (exact) mass is 298 g/mol. The van der Waals surface area contributed by atoms with Crippen LogP contribution >= 0.6 is 11.6 Å². The lowest BCUT2D eigenvalue weighted by atomic mass is 9.86. The number of nitrogens with two attached hydrogens (primary N) is 2. The van der Waals surface area contributed by atoms with E-state index in [9.17, 15) is 9.59 Å². The van der Waals surface area contributed by atoms with Crippen LogP contribution in [0.4, 0.5) is 16.2 Å². The molecule has 0 unspecified atom stereocenters. The number of halogens is 1. The number of hydrogen-bond donors (Lipinski definition) is 4. The molecule has 0 radical (unpaired) electrons. The van der Waals surface area contributed by atoms with E-state index >= 15 is 0 Å². The van der Waals surface area contributed by atoms with E-state index in [1.54, 1.807) is 39.0 Å². The lowest BCUT2D eigenvalue weighted by Crippen LogP contribution is -2.53. The second-order valence-corrected chi connectivity index (χ2v) is 5.91. The van der Waals surface area contributed by atoms with Crippen LogP contribution in [-0.4, -0.2) is 18.0 Å². The zero-order chi connectivity index (χ0) is 15.5. The van der Waals surface area contributed by atoms with Gasteiger partial charge in [0.05, 0.1) is 16.4 Å². The summed E-state index contributed by atoms with van der Waals surface area (Å²) in [7, 11) is 0. The average Bonchev–Trinajstić information content (AvgIpc) is 2.30. The summed E-state index contributed by atoms with van der Waals surface area (Å²) in [6.07, 6.45) is 0. The number of hydrogen-bond acceptors (Lipinski definition) is 3. The van der Waals surface area contributed by atoms with Crippen molar-refractivity contribution in [3.8, 4) is 0 Å². The van der Waals surface area contributed by atoms with Gasteiger partial charge in [-0.1, -0.05) is 38.4 Å². The quantitative estimate of drug-likeness (QED) is 0.640. The fraction of sp³-hybridized carbons (Fsp3) is 0.385. The highest BCUT2D eigenvalue weighted by Crippen LogP contribution is 2.26. The molecule has 0 spiro atoms. The Hall–Kier alpha value is -1.95. The standard InChI is InChI=1S/C13H19ClN4O2/c1-13(2,3)10(11(16)19)18-12(20)17-8-6-4-5-7(14)9(8)15/h4-6,10H,15H2,1-3H3,(H2,16,19)(H2,17,18,20)/t10-/m1/s1. The molecule has 0 saturated carbocycles. The zero-order valence-corrected chi connectivity index (χ0v) is 12.4. The van der Waals surface area contributed by atoms with Crippen molar-refractivity contribution < 1.29 is 9.59 Å². The van der Waals surface area contributed by atoms with Crippen LogP contribution in [0.5, 0.6) is 0 Å². The summed E-state index contributed by atoms with van der Waals surface area (Å²) in [6, 6.07) is 3.50. The molecule has 20 heavy (non-hydrogen) atoms. The summed E-state index contributed by atoms with van der Waals surface area (Å²) >= 11 is 5.86. The molecule has 1 aromatic carbocycles. The SMILES string of the molecule is CC(C)(C)[C@H](NC(=O)Nc1cccc(Cl)c1N)C(N)=O. The van der Waals surface area contributed by atoms with Gasteiger partial charge in [-0.05, 0) is 17.5 Å². The van der Waals surface area contributed by atoms with Gasteiger partial charge in [0.2, 0.25) is 5.91 Å². The summed E-state index contributed by atoms with van der Waals surface area (Å²) in [5, 5.41) is 5.41. The third-order valence-corrected chi connectivity index (χ3v) is 3.06. The Morgan fingerprint density at radius 1 is 1.30 bits per heavy atom. The van der Waals surface area contributed by atoms with E-state index in [0.29, 0.717) is 10.7 Å². The van der Waals surface area contributed by atoms with Gasteiger partial charge in [-0.2, -0.15) is 0 Å². The molecule has 0 aliphatic heterocycles. The van der Waals surface area contributed by atoms with Gasteiger partial charge >= 0.3 is 6.03 Å². The predicted octanol–water partition coefficient (Wildman–Crippen LogP) is 1.94. The molecule has 0 saturated heterocycles. The molecule has 0 aliphatic rings. The number of urea groups is 1. The summed E-state index contributed by atoms with van der Waals surface area (Å²) in [4.78, 5) is 23.3. The molecule has 0 bridgehead atoms. The first-order chi connectivity index (χ1) is 9.12. The number of nitrogen functional groups attached to an aromatic ring is 1. The number of benzene rings is 1. The molecule has 6 nitrogen and oxygen atoms in total. The lowest BCUT2D eigenvalue weighted by Gasteiger charge is -2.28. The Balaban J connectivity index is 2.82. The smallest absolute Gasteiger partial charge is 0.319 e. The molecule has 0 aromatic heterocycles. The fourth-order valence-corrected chi connectivity index (χ4v) is 1.82. The first-order valence-corrected chi connectivity index (χ1v) is 6.41. The van der Waals surface area contributed by atoms with Crippen molar-refractivity contribution in [1.82, 2.24) is 5.32 Å². The highest BCUT2D eigenvalue weighted by atomic mass is 35.5. The summed E-state index contributed by atoms with van der Waals surface area (Å²) < 4.78 is 0. The topological polar surface area (TPSA) is 110 Å². The number of amides is 3. The van der Waals surface area contributed by atoms with Crippen LogP contribution in [0.3, 0.4) is 0 Å². The Labute approximate surface area is 122 Å². The number of anilines is 2. The Kier molecular flexibility index (Phi) is 4.83. The normalized spacial score (nSPS) is 12.6. The van der Waals surface area contributed by atoms with Gasteiger partial charge in [0.25, 0.3) is 0 Å². The molecule has 0 fully saturated rings. The van der Waals surface area contributed by atoms with Gasteiger partial charge in [0, 0.05) is 0 Å². The first kappa shape index (κ1) is 16.1. The minimum atomic E-state index is -0.803. The van der Waals surface area contributed by atoms with Crippen molar-refractivity contribution >= 4 is 34.9 Å². The molecule has 1 rings (SSSR count). The molecule has 0 heterocycles. The average molecular weight is 299 g/mol. The minimum absolute atomic E-state index is 0.260. The van der Waals surface area contributed by atoms with E-state index in [0.717, 1.165) is 0 Å². The van der Waals surface area contributed by atoms with E-state index in [2.05, 4.69) is 10.6 Å². The van der Waals surface area contributed by atoms with Gasteiger partial charge < -0.3 is 22.1 Å². The number of para-hydroxylation sites is 1. The molecular formula is C13H19ClN4O2. The Morgan fingerprint density at radius 2 is 1.90 bits per heavy atom. The van der Waals surface area contributed by atoms with E-state index in [1.165, 1.54) is 0 Å². The molecule has 7 heteroatoms. The first-order valence-electron chi connectivity index (χ1n) is 6.03. The van der Waals surface area contributed by atoms with E-state index in [4.69, 9.17) is 23.1 Å². The maximum atomic E-state index is 11.9. The Bertz CT molecular complexity index is 526. The predicted molar refractivity (Wildman–Crippen MR) is 80.5 cm³/mol. The van der Waals surface area contributed by atoms with Gasteiger partial charge in [0.15, 0.2) is 0 Å². The van der Waals surface area contributed by atoms with Gasteiger partial charge in [-0.3, -0.25) is 4.79 Å². The number of carbonyl (C=O) groups excluding carboxylic acids is 2. The van der Waals surface area contributed by atoms with Gasteiger partial charge in [-0.25, -0.2) is 4.79 Å². The molecule has 6 N–H and O–H groups in total. The second kappa shape index (κ2) is 6.00. The highest BCUT2D eigenvalue weighted by molar-refractivity contribution is 6.33. The van der Waals surface area contributed by atoms with E-state index in [1.807, 2.05) is 0 Å². The summed E-state index contributed by atoms with van der Waals surface area (Å²) in [5.74, 6) is -0.605. The maximum absolute atomic E-state index is 11.9. The van der Waals surface area contributed by atoms with E-state index in [-0.39, 0.29) is 5.69 Å². The van der Waals surface area contributed by atoms with Crippen molar-refractivity contribution in [2.45, 2.75) is 26.8 Å². The van der Waals surface area contributed by atoms with Crippen molar-refractivity contribution in [2.75, 3.05) is 11.1 Å².